The van der Waals surface area contributed by atoms with Crippen LogP contribution in [0, 0.1) is 11.8 Å². The van der Waals surface area contributed by atoms with E-state index in [2.05, 4.69) is 6.92 Å². The number of likely N-dealkylation sites (tertiary alicyclic amines) is 1. The molecule has 0 aliphatic carbocycles. The van der Waals surface area contributed by atoms with Crippen LogP contribution < -0.4 is 0 Å². The minimum Gasteiger partial charge on any atom is -0.460 e. The number of esters is 1. The van der Waals surface area contributed by atoms with Gasteiger partial charge in [0, 0.05) is 6.04 Å². The highest BCUT2D eigenvalue weighted by molar-refractivity contribution is 5.91. The van der Waals surface area contributed by atoms with Gasteiger partial charge in [-0.2, -0.15) is 0 Å². The van der Waals surface area contributed by atoms with Gasteiger partial charge in [0.2, 0.25) is 5.91 Å². The van der Waals surface area contributed by atoms with Crippen LogP contribution in [0.1, 0.15) is 25.8 Å². The molecule has 3 heterocycles. The molecule has 1 aromatic rings. The molecule has 5 heteroatoms. The Morgan fingerprint density at radius 3 is 2.88 bits per heavy atom. The van der Waals surface area contributed by atoms with Gasteiger partial charge in [-0.15, -0.1) is 0 Å². The molecule has 1 amide bonds. The normalized spacial score (nSPS) is 33.6. The second kappa shape index (κ2) is 5.99. The van der Waals surface area contributed by atoms with Gasteiger partial charge in [-0.25, -0.2) is 0 Å². The third-order valence-electron chi connectivity index (χ3n) is 5.75. The van der Waals surface area contributed by atoms with Gasteiger partial charge in [-0.1, -0.05) is 49.4 Å². The largest absolute Gasteiger partial charge is 0.460 e. The molecule has 0 unspecified atom stereocenters. The molecule has 2 saturated heterocycles. The molecule has 5 nitrogen and oxygen atoms in total. The number of amides is 1. The molecule has 25 heavy (non-hydrogen) atoms. The Morgan fingerprint density at radius 1 is 1.40 bits per heavy atom. The van der Waals surface area contributed by atoms with E-state index in [1.807, 2.05) is 54.3 Å². The maximum Gasteiger partial charge on any atom is 0.313 e. The van der Waals surface area contributed by atoms with Crippen molar-refractivity contribution in [3.8, 4) is 0 Å². The first-order chi connectivity index (χ1) is 12.1. The van der Waals surface area contributed by atoms with Gasteiger partial charge < -0.3 is 14.4 Å². The zero-order valence-electron chi connectivity index (χ0n) is 14.6. The first-order valence-corrected chi connectivity index (χ1v) is 8.94. The van der Waals surface area contributed by atoms with Crippen molar-refractivity contribution in [3.63, 3.8) is 0 Å². The highest BCUT2D eigenvalue weighted by atomic mass is 16.6. The lowest BCUT2D eigenvalue weighted by molar-refractivity contribution is -0.155. The van der Waals surface area contributed by atoms with Crippen LogP contribution >= 0.6 is 0 Å². The molecule has 0 saturated carbocycles. The van der Waals surface area contributed by atoms with Crippen LogP contribution in [0.2, 0.25) is 0 Å². The van der Waals surface area contributed by atoms with Crippen molar-refractivity contribution < 1.29 is 19.1 Å². The number of benzene rings is 1. The second-order valence-corrected chi connectivity index (χ2v) is 7.22. The van der Waals surface area contributed by atoms with Crippen molar-refractivity contribution >= 4 is 11.9 Å². The van der Waals surface area contributed by atoms with Crippen molar-refractivity contribution in [2.45, 2.75) is 44.6 Å². The van der Waals surface area contributed by atoms with Crippen LogP contribution in [0.5, 0.6) is 0 Å². The molecule has 3 aliphatic heterocycles. The zero-order chi connectivity index (χ0) is 17.6. The van der Waals surface area contributed by atoms with E-state index in [0.717, 1.165) is 12.0 Å². The Morgan fingerprint density at radius 2 is 2.16 bits per heavy atom. The number of ether oxygens (including phenoxy) is 2. The fraction of sp³-hybridized carbons (Fsp3) is 0.500. The lowest BCUT2D eigenvalue weighted by Gasteiger charge is -2.26. The fourth-order valence-electron chi connectivity index (χ4n) is 4.22. The lowest BCUT2D eigenvalue weighted by atomic mass is 9.77. The average Bonchev–Trinajstić information content (AvgIpc) is 3.28. The van der Waals surface area contributed by atoms with Gasteiger partial charge in [0.25, 0.3) is 0 Å². The fourth-order valence-corrected chi connectivity index (χ4v) is 4.22. The van der Waals surface area contributed by atoms with Crippen molar-refractivity contribution in [2.24, 2.45) is 11.8 Å². The molecule has 4 rings (SSSR count). The second-order valence-electron chi connectivity index (χ2n) is 7.22. The predicted molar refractivity (Wildman–Crippen MR) is 91.4 cm³/mol. The Hall–Kier alpha value is -2.14. The summed E-state index contributed by atoms with van der Waals surface area (Å²) in [6.45, 7) is 4.84. The number of carbonyl (C=O) groups is 2. The maximum absolute atomic E-state index is 13.0. The highest BCUT2D eigenvalue weighted by Gasteiger charge is 2.67. The molecule has 0 N–H and O–H groups in total. The van der Waals surface area contributed by atoms with E-state index in [4.69, 9.17) is 9.47 Å². The summed E-state index contributed by atoms with van der Waals surface area (Å²) in [6.07, 6.45) is 4.42. The summed E-state index contributed by atoms with van der Waals surface area (Å²) >= 11 is 0. The summed E-state index contributed by atoms with van der Waals surface area (Å²) in [5.74, 6) is -1.33. The SMILES string of the molecule is CC[C@@H](C)N1C[C@]23C=C[C@@H](O2)[C@H](C(=O)OCc2ccccc2)[C@@H]3C1=O. The summed E-state index contributed by atoms with van der Waals surface area (Å²) in [4.78, 5) is 27.6. The molecule has 0 aromatic heterocycles. The van der Waals surface area contributed by atoms with Crippen molar-refractivity contribution in [2.75, 3.05) is 6.54 Å². The molecule has 1 spiro atoms. The van der Waals surface area contributed by atoms with E-state index < -0.39 is 17.4 Å². The first-order valence-electron chi connectivity index (χ1n) is 8.94. The zero-order valence-corrected chi connectivity index (χ0v) is 14.6. The van der Waals surface area contributed by atoms with Crippen LogP contribution in [0.4, 0.5) is 0 Å². The summed E-state index contributed by atoms with van der Waals surface area (Å²) in [7, 11) is 0. The molecule has 3 aliphatic rings. The van der Waals surface area contributed by atoms with Crippen molar-refractivity contribution in [1.29, 1.82) is 0 Å². The monoisotopic (exact) mass is 341 g/mol. The molecule has 1 aromatic carbocycles. The lowest BCUT2D eigenvalue weighted by Crippen LogP contribution is -2.41. The smallest absolute Gasteiger partial charge is 0.313 e. The van der Waals surface area contributed by atoms with E-state index in [-0.39, 0.29) is 30.6 Å². The third-order valence-corrected chi connectivity index (χ3v) is 5.75. The molecule has 2 bridgehead atoms. The maximum atomic E-state index is 13.0. The summed E-state index contributed by atoms with van der Waals surface area (Å²) in [5, 5.41) is 0. The van der Waals surface area contributed by atoms with E-state index in [9.17, 15) is 9.59 Å². The predicted octanol–water partition coefficient (Wildman–Crippen LogP) is 2.31. The summed E-state index contributed by atoms with van der Waals surface area (Å²) in [5.41, 5.74) is 0.283. The van der Waals surface area contributed by atoms with Crippen LogP contribution in [0.15, 0.2) is 42.5 Å². The van der Waals surface area contributed by atoms with E-state index in [1.165, 1.54) is 0 Å². The van der Waals surface area contributed by atoms with Gasteiger partial charge in [0.1, 0.15) is 18.1 Å². The number of fused-ring (bicyclic) bond motifs is 1. The van der Waals surface area contributed by atoms with E-state index in [0.29, 0.717) is 6.54 Å². The molecule has 132 valence electrons. The van der Waals surface area contributed by atoms with E-state index in [1.54, 1.807) is 0 Å². The third kappa shape index (κ3) is 2.49. The minimum atomic E-state index is -0.651. The van der Waals surface area contributed by atoms with Crippen molar-refractivity contribution in [3.05, 3.63) is 48.0 Å². The van der Waals surface area contributed by atoms with Crippen LogP contribution in [-0.2, 0) is 25.7 Å². The standard InChI is InChI=1S/C20H23NO4/c1-3-13(2)21-12-20-10-9-15(25-20)16(17(20)18(21)22)19(23)24-11-14-7-5-4-6-8-14/h4-10,13,15-17H,3,11-12H2,1-2H3/t13-,15-,16+,17-,20+/m1/s1. The Bertz CT molecular complexity index is 716. The summed E-state index contributed by atoms with van der Waals surface area (Å²) in [6, 6.07) is 9.71. The highest BCUT2D eigenvalue weighted by Crippen LogP contribution is 2.52. The van der Waals surface area contributed by atoms with Gasteiger partial charge in [0.05, 0.1) is 18.6 Å². The van der Waals surface area contributed by atoms with E-state index >= 15 is 0 Å². The average molecular weight is 341 g/mol. The van der Waals surface area contributed by atoms with Gasteiger partial charge in [-0.05, 0) is 18.9 Å². The topological polar surface area (TPSA) is 55.8 Å². The number of nitrogens with zero attached hydrogens (tertiary/aromatic N) is 1. The Balaban J connectivity index is 1.52. The van der Waals surface area contributed by atoms with Crippen LogP contribution in [0.25, 0.3) is 0 Å². The number of carbonyl (C=O) groups excluding carboxylic acids is 2. The quantitative estimate of drug-likeness (QED) is 0.609. The van der Waals surface area contributed by atoms with Gasteiger partial charge in [0.15, 0.2) is 0 Å². The number of rotatable bonds is 5. The van der Waals surface area contributed by atoms with Crippen LogP contribution in [-0.4, -0.2) is 41.1 Å². The number of hydrogen-bond donors (Lipinski definition) is 0. The van der Waals surface area contributed by atoms with Gasteiger partial charge in [-0.3, -0.25) is 9.59 Å². The molecular formula is C20H23NO4. The molecule has 5 atom stereocenters. The minimum absolute atomic E-state index is 0.0165. The first kappa shape index (κ1) is 16.3. The molecule has 2 fully saturated rings. The Kier molecular flexibility index (Phi) is 3.91. The van der Waals surface area contributed by atoms with Crippen LogP contribution in [0.3, 0.4) is 0 Å². The van der Waals surface area contributed by atoms with Gasteiger partial charge >= 0.3 is 5.97 Å². The van der Waals surface area contributed by atoms with Crippen molar-refractivity contribution in [1.82, 2.24) is 4.90 Å². The number of hydrogen-bond acceptors (Lipinski definition) is 4. The molecule has 0 radical (unpaired) electrons. The molecular weight excluding hydrogens is 318 g/mol. The summed E-state index contributed by atoms with van der Waals surface area (Å²) < 4.78 is 11.6. The Labute approximate surface area is 147 Å².